The second-order valence-corrected chi connectivity index (χ2v) is 4.14. The summed E-state index contributed by atoms with van der Waals surface area (Å²) in [7, 11) is 0. The summed E-state index contributed by atoms with van der Waals surface area (Å²) >= 11 is 0. The molecular formula is C12H26N2O4. The van der Waals surface area contributed by atoms with Gasteiger partial charge in [0, 0.05) is 0 Å². The van der Waals surface area contributed by atoms with Crippen LogP contribution in [0.2, 0.25) is 0 Å². The highest BCUT2D eigenvalue weighted by Gasteiger charge is 2.24. The lowest BCUT2D eigenvalue weighted by Gasteiger charge is -2.06. The van der Waals surface area contributed by atoms with Gasteiger partial charge in [0.25, 0.3) is 0 Å². The molecule has 108 valence electrons. The van der Waals surface area contributed by atoms with Gasteiger partial charge in [-0.1, -0.05) is 51.9 Å². The van der Waals surface area contributed by atoms with Crippen molar-refractivity contribution in [3.8, 4) is 0 Å². The topological polar surface area (TPSA) is 127 Å². The summed E-state index contributed by atoms with van der Waals surface area (Å²) < 4.78 is 0. The smallest absolute Gasteiger partial charge is 0.317 e. The van der Waals surface area contributed by atoms with Crippen LogP contribution in [0.3, 0.4) is 0 Å². The molecule has 0 aliphatic heterocycles. The Morgan fingerprint density at radius 1 is 0.889 bits per heavy atom. The van der Waals surface area contributed by atoms with E-state index in [2.05, 4.69) is 18.6 Å². The number of carboxylic acids is 2. The van der Waals surface area contributed by atoms with Crippen LogP contribution in [0.5, 0.6) is 0 Å². The van der Waals surface area contributed by atoms with Gasteiger partial charge in [-0.05, 0) is 6.42 Å². The molecule has 0 aliphatic rings. The third-order valence-electron chi connectivity index (χ3n) is 2.69. The van der Waals surface area contributed by atoms with Gasteiger partial charge in [0.05, 0.1) is 0 Å². The van der Waals surface area contributed by atoms with E-state index >= 15 is 0 Å². The number of unbranched alkanes of at least 4 members (excludes halogenated alkanes) is 6. The van der Waals surface area contributed by atoms with Crippen LogP contribution in [0, 0.1) is 5.92 Å². The van der Waals surface area contributed by atoms with E-state index in [-0.39, 0.29) is 6.42 Å². The van der Waals surface area contributed by atoms with Crippen molar-refractivity contribution in [3.63, 3.8) is 0 Å². The van der Waals surface area contributed by atoms with Gasteiger partial charge in [0.1, 0.15) is 0 Å². The lowest BCUT2D eigenvalue weighted by molar-refractivity contribution is -0.154. The molecular weight excluding hydrogens is 236 g/mol. The van der Waals surface area contributed by atoms with Crippen LogP contribution in [0.4, 0.5) is 0 Å². The molecule has 0 bridgehead atoms. The summed E-state index contributed by atoms with van der Waals surface area (Å²) in [5.74, 6) is 4.33. The zero-order valence-electron chi connectivity index (χ0n) is 11.1. The Kier molecular flexibility index (Phi) is 14.9. The Morgan fingerprint density at radius 2 is 1.28 bits per heavy atom. The zero-order valence-corrected chi connectivity index (χ0v) is 11.1. The standard InChI is InChI=1S/C12H22O4.H4N2/c1-2-3-4-5-6-7-8-9-10(11(13)14)12(15)16;1-2/h10H,2-9H2,1H3,(H,13,14)(H,15,16);1-2H2. The molecule has 6 heteroatoms. The van der Waals surface area contributed by atoms with Crippen LogP contribution in [0.1, 0.15) is 58.3 Å². The van der Waals surface area contributed by atoms with E-state index in [1.807, 2.05) is 0 Å². The summed E-state index contributed by atoms with van der Waals surface area (Å²) in [5.41, 5.74) is 0. The molecule has 0 amide bonds. The van der Waals surface area contributed by atoms with Crippen LogP contribution in [-0.4, -0.2) is 22.2 Å². The van der Waals surface area contributed by atoms with E-state index in [0.717, 1.165) is 12.8 Å². The first-order valence-corrected chi connectivity index (χ1v) is 6.38. The molecule has 0 heterocycles. The van der Waals surface area contributed by atoms with Gasteiger partial charge < -0.3 is 10.2 Å². The minimum atomic E-state index is -1.23. The van der Waals surface area contributed by atoms with E-state index in [4.69, 9.17) is 10.2 Å². The van der Waals surface area contributed by atoms with Crippen molar-refractivity contribution in [3.05, 3.63) is 0 Å². The highest BCUT2D eigenvalue weighted by molar-refractivity contribution is 5.92. The molecule has 0 rings (SSSR count). The molecule has 0 saturated heterocycles. The van der Waals surface area contributed by atoms with Crippen molar-refractivity contribution in [1.29, 1.82) is 0 Å². The summed E-state index contributed by atoms with van der Waals surface area (Å²) in [6.45, 7) is 2.16. The molecule has 18 heavy (non-hydrogen) atoms. The highest BCUT2D eigenvalue weighted by atomic mass is 16.4. The summed E-state index contributed by atoms with van der Waals surface area (Å²) in [6.07, 6.45) is 7.78. The molecule has 0 aromatic carbocycles. The average Bonchev–Trinajstić information content (AvgIpc) is 2.34. The molecule has 6 N–H and O–H groups in total. The minimum absolute atomic E-state index is 0.248. The fourth-order valence-corrected chi connectivity index (χ4v) is 1.66. The Balaban J connectivity index is 0. The highest BCUT2D eigenvalue weighted by Crippen LogP contribution is 2.13. The van der Waals surface area contributed by atoms with Crippen molar-refractivity contribution in [2.75, 3.05) is 0 Å². The predicted octanol–water partition coefficient (Wildman–Crippen LogP) is 1.73. The largest absolute Gasteiger partial charge is 0.481 e. The molecule has 0 unspecified atom stereocenters. The molecule has 0 aromatic rings. The third kappa shape index (κ3) is 11.3. The molecule has 0 aliphatic carbocycles. The van der Waals surface area contributed by atoms with Gasteiger partial charge in [0.15, 0.2) is 5.92 Å². The molecule has 0 saturated carbocycles. The molecule has 0 fully saturated rings. The first-order chi connectivity index (χ1) is 8.59. The van der Waals surface area contributed by atoms with Crippen molar-refractivity contribution < 1.29 is 19.8 Å². The lowest BCUT2D eigenvalue weighted by atomic mass is 10.0. The van der Waals surface area contributed by atoms with Crippen LogP contribution >= 0.6 is 0 Å². The number of hydrazine groups is 1. The first-order valence-electron chi connectivity index (χ1n) is 6.38. The summed E-state index contributed by atoms with van der Waals surface area (Å²) in [5, 5.41) is 17.3. The van der Waals surface area contributed by atoms with Crippen molar-refractivity contribution in [2.24, 2.45) is 17.6 Å². The summed E-state index contributed by atoms with van der Waals surface area (Å²) in [6, 6.07) is 0. The average molecular weight is 262 g/mol. The molecule has 6 nitrogen and oxygen atoms in total. The normalized spacial score (nSPS) is 9.78. The quantitative estimate of drug-likeness (QED) is 0.205. The number of hydrogen-bond acceptors (Lipinski definition) is 4. The van der Waals surface area contributed by atoms with Crippen LogP contribution in [0.25, 0.3) is 0 Å². The molecule has 0 atom stereocenters. The van der Waals surface area contributed by atoms with Gasteiger partial charge in [-0.15, -0.1) is 0 Å². The maximum atomic E-state index is 10.6. The Bertz CT molecular complexity index is 208. The van der Waals surface area contributed by atoms with Gasteiger partial charge in [-0.25, -0.2) is 0 Å². The Morgan fingerprint density at radius 3 is 1.67 bits per heavy atom. The predicted molar refractivity (Wildman–Crippen MR) is 69.7 cm³/mol. The number of hydrogen-bond donors (Lipinski definition) is 4. The second-order valence-electron chi connectivity index (χ2n) is 4.14. The van der Waals surface area contributed by atoms with Crippen molar-refractivity contribution >= 4 is 11.9 Å². The van der Waals surface area contributed by atoms with Crippen LogP contribution in [0.15, 0.2) is 0 Å². The first kappa shape index (κ1) is 19.2. The SMILES string of the molecule is CCCCCCCCCC(C(=O)O)C(=O)O.NN. The summed E-state index contributed by atoms with van der Waals surface area (Å²) in [4.78, 5) is 21.1. The Hall–Kier alpha value is -1.14. The maximum Gasteiger partial charge on any atom is 0.317 e. The van der Waals surface area contributed by atoms with Gasteiger partial charge in [-0.2, -0.15) is 0 Å². The fourth-order valence-electron chi connectivity index (χ4n) is 1.66. The number of carboxylic acid groups (broad SMARTS) is 2. The van der Waals surface area contributed by atoms with E-state index in [9.17, 15) is 9.59 Å². The van der Waals surface area contributed by atoms with Crippen LogP contribution in [-0.2, 0) is 9.59 Å². The molecule has 0 spiro atoms. The number of carbonyl (C=O) groups is 2. The van der Waals surface area contributed by atoms with Gasteiger partial charge in [0.2, 0.25) is 0 Å². The fraction of sp³-hybridized carbons (Fsp3) is 0.833. The van der Waals surface area contributed by atoms with Crippen LogP contribution < -0.4 is 11.7 Å². The molecule has 0 aromatic heterocycles. The van der Waals surface area contributed by atoms with E-state index < -0.39 is 17.9 Å². The zero-order chi connectivity index (χ0) is 14.4. The van der Waals surface area contributed by atoms with E-state index in [0.29, 0.717) is 6.42 Å². The Labute approximate surface area is 108 Å². The van der Waals surface area contributed by atoms with Crippen molar-refractivity contribution in [1.82, 2.24) is 0 Å². The number of nitrogens with two attached hydrogens (primary N) is 2. The van der Waals surface area contributed by atoms with E-state index in [1.165, 1.54) is 25.7 Å². The third-order valence-corrected chi connectivity index (χ3v) is 2.69. The van der Waals surface area contributed by atoms with E-state index in [1.54, 1.807) is 0 Å². The number of aliphatic carboxylic acids is 2. The van der Waals surface area contributed by atoms with Gasteiger partial charge in [-0.3, -0.25) is 21.3 Å². The van der Waals surface area contributed by atoms with Gasteiger partial charge >= 0.3 is 11.9 Å². The van der Waals surface area contributed by atoms with Crippen molar-refractivity contribution in [2.45, 2.75) is 58.3 Å². The second kappa shape index (κ2) is 13.9. The maximum absolute atomic E-state index is 10.6. The minimum Gasteiger partial charge on any atom is -0.481 e. The lowest BCUT2D eigenvalue weighted by Crippen LogP contribution is -2.23. The monoisotopic (exact) mass is 262 g/mol. The molecule has 0 radical (unpaired) electrons. The number of rotatable bonds is 10.